The number of pyridine rings is 1. The van der Waals surface area contributed by atoms with Gasteiger partial charge in [0.2, 0.25) is 0 Å². The Bertz CT molecular complexity index is 508. The third kappa shape index (κ3) is 1.37. The van der Waals surface area contributed by atoms with Crippen LogP contribution in [-0.2, 0) is 0 Å². The number of nitrogens with zero attached hydrogens (tertiary/aromatic N) is 1. The van der Waals surface area contributed by atoms with E-state index < -0.39 is 5.97 Å². The van der Waals surface area contributed by atoms with Crippen LogP contribution in [0.4, 0.5) is 0 Å². The van der Waals surface area contributed by atoms with Gasteiger partial charge in [-0.3, -0.25) is 0 Å². The molecule has 0 spiro atoms. The van der Waals surface area contributed by atoms with Crippen molar-refractivity contribution in [2.24, 2.45) is 0 Å². The van der Waals surface area contributed by atoms with Crippen LogP contribution in [0.25, 0.3) is 10.8 Å². The van der Waals surface area contributed by atoms with Crippen molar-refractivity contribution in [2.75, 3.05) is 0 Å². The van der Waals surface area contributed by atoms with Crippen LogP contribution < -0.4 is 0 Å². The summed E-state index contributed by atoms with van der Waals surface area (Å²) in [6, 6.07) is 6.16. The second kappa shape index (κ2) is 2.99. The zero-order valence-electron chi connectivity index (χ0n) is 7.14. The lowest BCUT2D eigenvalue weighted by molar-refractivity contribution is 0.0690. The minimum atomic E-state index is -1.06. The minimum absolute atomic E-state index is 0.00295. The molecule has 0 aliphatic carbocycles. The zero-order chi connectivity index (χ0) is 10.1. The highest BCUT2D eigenvalue weighted by Gasteiger charge is 2.05. The van der Waals surface area contributed by atoms with Crippen molar-refractivity contribution in [1.82, 2.24) is 4.98 Å². The summed E-state index contributed by atoms with van der Waals surface area (Å²) in [4.78, 5) is 14.3. The fourth-order valence-corrected chi connectivity index (χ4v) is 1.25. The molecule has 0 aliphatic heterocycles. The number of hydrogen-bond donors (Lipinski definition) is 2. The molecule has 0 saturated heterocycles. The molecule has 0 fully saturated rings. The van der Waals surface area contributed by atoms with E-state index in [1.54, 1.807) is 6.07 Å². The van der Waals surface area contributed by atoms with Crippen LogP contribution >= 0.6 is 0 Å². The maximum atomic E-state index is 10.6. The molecule has 2 N–H and O–H groups in total. The van der Waals surface area contributed by atoms with E-state index in [-0.39, 0.29) is 11.4 Å². The molecule has 4 nitrogen and oxygen atoms in total. The third-order valence-corrected chi connectivity index (χ3v) is 1.92. The molecule has 0 atom stereocenters. The fourth-order valence-electron chi connectivity index (χ4n) is 1.25. The van der Waals surface area contributed by atoms with Crippen LogP contribution in [-0.4, -0.2) is 21.2 Å². The predicted molar refractivity (Wildman–Crippen MR) is 50.4 cm³/mol. The van der Waals surface area contributed by atoms with Gasteiger partial charge in [0.05, 0.1) is 0 Å². The lowest BCUT2D eigenvalue weighted by Gasteiger charge is -1.99. The molecule has 0 bridgehead atoms. The summed E-state index contributed by atoms with van der Waals surface area (Å²) in [6.07, 6.45) is 1.43. The average molecular weight is 189 g/mol. The molecule has 0 amide bonds. The monoisotopic (exact) mass is 189 g/mol. The predicted octanol–water partition coefficient (Wildman–Crippen LogP) is 1.64. The van der Waals surface area contributed by atoms with Gasteiger partial charge in [-0.15, -0.1) is 0 Å². The highest BCUT2D eigenvalue weighted by atomic mass is 16.4. The molecule has 0 saturated carbocycles. The van der Waals surface area contributed by atoms with E-state index in [2.05, 4.69) is 4.98 Å². The van der Waals surface area contributed by atoms with Gasteiger partial charge in [-0.1, -0.05) is 6.07 Å². The number of hydrogen-bond acceptors (Lipinski definition) is 3. The summed E-state index contributed by atoms with van der Waals surface area (Å²) >= 11 is 0. The first kappa shape index (κ1) is 8.50. The van der Waals surface area contributed by atoms with Gasteiger partial charge >= 0.3 is 5.97 Å². The minimum Gasteiger partial charge on any atom is -0.508 e. The molecule has 0 unspecified atom stereocenters. The van der Waals surface area contributed by atoms with Crippen molar-refractivity contribution in [3.05, 3.63) is 36.2 Å². The number of carboxylic acids is 1. The van der Waals surface area contributed by atoms with Crippen LogP contribution in [0.3, 0.4) is 0 Å². The van der Waals surface area contributed by atoms with Gasteiger partial charge < -0.3 is 10.2 Å². The summed E-state index contributed by atoms with van der Waals surface area (Å²) in [6.45, 7) is 0. The molecule has 4 heteroatoms. The molecular formula is C10H7NO3. The van der Waals surface area contributed by atoms with Gasteiger partial charge in [-0.2, -0.15) is 0 Å². The highest BCUT2D eigenvalue weighted by Crippen LogP contribution is 2.19. The number of fused-ring (bicyclic) bond motifs is 1. The van der Waals surface area contributed by atoms with E-state index in [9.17, 15) is 4.79 Å². The van der Waals surface area contributed by atoms with Gasteiger partial charge in [0.15, 0.2) is 0 Å². The SMILES string of the molecule is O=C(O)c1cc2ccc(O)cc2cn1. The molecule has 2 aromatic rings. The molecule has 70 valence electrons. The summed E-state index contributed by atoms with van der Waals surface area (Å²) in [5, 5.41) is 19.3. The van der Waals surface area contributed by atoms with Crippen LogP contribution in [0, 0.1) is 0 Å². The van der Waals surface area contributed by atoms with Crippen molar-refractivity contribution in [2.45, 2.75) is 0 Å². The van der Waals surface area contributed by atoms with Gasteiger partial charge in [0.1, 0.15) is 11.4 Å². The molecule has 0 radical (unpaired) electrons. The van der Waals surface area contributed by atoms with Crippen molar-refractivity contribution < 1.29 is 15.0 Å². The second-order valence-electron chi connectivity index (χ2n) is 2.91. The van der Waals surface area contributed by atoms with E-state index in [0.717, 1.165) is 10.8 Å². The number of phenolic OH excluding ortho intramolecular Hbond substituents is 1. The van der Waals surface area contributed by atoms with E-state index in [0.29, 0.717) is 0 Å². The summed E-state index contributed by atoms with van der Waals surface area (Å²) in [5.41, 5.74) is 0.00295. The Morgan fingerprint density at radius 1 is 1.21 bits per heavy atom. The van der Waals surface area contributed by atoms with Crippen molar-refractivity contribution in [1.29, 1.82) is 0 Å². The quantitative estimate of drug-likeness (QED) is 0.715. The smallest absolute Gasteiger partial charge is 0.354 e. The van der Waals surface area contributed by atoms with Crippen LogP contribution in [0.1, 0.15) is 10.5 Å². The Labute approximate surface area is 79.4 Å². The first-order valence-corrected chi connectivity index (χ1v) is 3.99. The Balaban J connectivity index is 2.67. The van der Waals surface area contributed by atoms with E-state index >= 15 is 0 Å². The first-order chi connectivity index (χ1) is 6.66. The number of aromatic nitrogens is 1. The number of aromatic hydroxyl groups is 1. The highest BCUT2D eigenvalue weighted by molar-refractivity contribution is 5.92. The van der Waals surface area contributed by atoms with E-state index in [1.807, 2.05) is 0 Å². The van der Waals surface area contributed by atoms with Gasteiger partial charge in [-0.05, 0) is 23.6 Å². The molecule has 1 aromatic heterocycles. The largest absolute Gasteiger partial charge is 0.508 e. The Morgan fingerprint density at radius 3 is 2.71 bits per heavy atom. The molecule has 1 aromatic carbocycles. The zero-order valence-corrected chi connectivity index (χ0v) is 7.14. The first-order valence-electron chi connectivity index (χ1n) is 3.99. The number of aromatic carboxylic acids is 1. The Morgan fingerprint density at radius 2 is 2.00 bits per heavy atom. The van der Waals surface area contributed by atoms with Crippen molar-refractivity contribution >= 4 is 16.7 Å². The number of carbonyl (C=O) groups is 1. The maximum absolute atomic E-state index is 10.6. The number of rotatable bonds is 1. The second-order valence-corrected chi connectivity index (χ2v) is 2.91. The van der Waals surface area contributed by atoms with Crippen LogP contribution in [0.15, 0.2) is 30.5 Å². The number of benzene rings is 1. The number of carboxylic acid groups (broad SMARTS) is 1. The maximum Gasteiger partial charge on any atom is 0.354 e. The molecule has 2 rings (SSSR count). The summed E-state index contributed by atoms with van der Waals surface area (Å²) in [7, 11) is 0. The standard InChI is InChI=1S/C10H7NO3/c12-8-2-1-6-4-9(10(13)14)11-5-7(6)3-8/h1-5,12H,(H,13,14). The van der Waals surface area contributed by atoms with E-state index in [4.69, 9.17) is 10.2 Å². The topological polar surface area (TPSA) is 70.4 Å². The average Bonchev–Trinajstić information content (AvgIpc) is 2.16. The molecule has 0 aliphatic rings. The Hall–Kier alpha value is -2.10. The lowest BCUT2D eigenvalue weighted by atomic mass is 10.1. The van der Waals surface area contributed by atoms with Crippen LogP contribution in [0.5, 0.6) is 5.75 Å². The van der Waals surface area contributed by atoms with Gasteiger partial charge in [0, 0.05) is 11.6 Å². The van der Waals surface area contributed by atoms with Gasteiger partial charge in [0.25, 0.3) is 0 Å². The van der Waals surface area contributed by atoms with Crippen molar-refractivity contribution in [3.8, 4) is 5.75 Å². The molecule has 1 heterocycles. The molecule has 14 heavy (non-hydrogen) atoms. The van der Waals surface area contributed by atoms with Crippen molar-refractivity contribution in [3.63, 3.8) is 0 Å². The van der Waals surface area contributed by atoms with Crippen LogP contribution in [0.2, 0.25) is 0 Å². The summed E-state index contributed by atoms with van der Waals surface area (Å²) < 4.78 is 0. The van der Waals surface area contributed by atoms with E-state index in [1.165, 1.54) is 24.4 Å². The lowest BCUT2D eigenvalue weighted by Crippen LogP contribution is -1.98. The van der Waals surface area contributed by atoms with Gasteiger partial charge in [-0.25, -0.2) is 9.78 Å². The normalized spacial score (nSPS) is 10.3. The number of phenols is 1. The Kier molecular flexibility index (Phi) is 1.81. The third-order valence-electron chi connectivity index (χ3n) is 1.92. The fraction of sp³-hybridized carbons (Fsp3) is 0. The summed E-state index contributed by atoms with van der Waals surface area (Å²) in [5.74, 6) is -0.914. The molecular weight excluding hydrogens is 182 g/mol.